The molecule has 238 valence electrons. The molecular formula is C29H45N9O4Si2. The Kier molecular flexibility index (Phi) is 11.5. The van der Waals surface area contributed by atoms with Gasteiger partial charge in [-0.25, -0.2) is 19.7 Å². The lowest BCUT2D eigenvalue weighted by Crippen LogP contribution is -2.51. The van der Waals surface area contributed by atoms with E-state index in [1.165, 1.54) is 6.33 Å². The number of fused-ring (bicyclic) bond motifs is 1. The van der Waals surface area contributed by atoms with Crippen molar-refractivity contribution in [3.8, 4) is 0 Å². The standard InChI is InChI=1S/C29H45N9O4Si2/c1-7-43(8-2,9-3)41-24-22(18-34-37-30)40-28(25(24)42-44(10-4,11-5)12-6)38-20-33-23-26(31-19-32-27(23)38)36-29(39)35-21-16-14-13-15-17-21/h13-17,19-20,22,24-25,28H,7-12,18H2,1-6H3,(H2,31,32,35,36,39)/t22-,24-,25-,28-/m1/s1. The topological polar surface area (TPSA) is 161 Å². The molecule has 2 amide bonds. The van der Waals surface area contributed by atoms with Crippen LogP contribution in [0, 0.1) is 0 Å². The molecule has 1 aliphatic rings. The molecule has 0 aliphatic carbocycles. The van der Waals surface area contributed by atoms with E-state index < -0.39 is 47.2 Å². The number of imidazole rings is 1. The lowest BCUT2D eigenvalue weighted by molar-refractivity contribution is -0.0281. The first-order valence-electron chi connectivity index (χ1n) is 15.6. The highest BCUT2D eigenvalue weighted by atomic mass is 28.4. The molecule has 2 aromatic heterocycles. The number of para-hydroxylation sites is 1. The number of aromatic nitrogens is 4. The molecule has 3 heterocycles. The minimum atomic E-state index is -2.16. The van der Waals surface area contributed by atoms with Crippen molar-refractivity contribution in [3.63, 3.8) is 0 Å². The van der Waals surface area contributed by atoms with E-state index in [2.05, 4.69) is 77.2 Å². The number of hydrogen-bond acceptors (Lipinski definition) is 8. The van der Waals surface area contributed by atoms with Crippen molar-refractivity contribution in [3.05, 3.63) is 53.4 Å². The zero-order valence-electron chi connectivity index (χ0n) is 26.6. The summed E-state index contributed by atoms with van der Waals surface area (Å²) in [5, 5.41) is 9.50. The van der Waals surface area contributed by atoms with E-state index in [4.69, 9.17) is 13.6 Å². The fraction of sp³-hybridized carbons (Fsp3) is 0.586. The number of nitrogens with one attached hydrogen (secondary N) is 2. The van der Waals surface area contributed by atoms with Crippen molar-refractivity contribution in [2.75, 3.05) is 17.2 Å². The number of urea groups is 1. The number of rotatable bonds is 15. The SMILES string of the molecule is CC[Si](CC)(CC)O[C@@H]1[C@H](O[Si](CC)(CC)CC)[C@@H](CN=[N+]=[N-])O[C@H]1n1cnc2c(NC(=O)Nc3ccccc3)ncnc21. The fourth-order valence-corrected chi connectivity index (χ4v) is 11.7. The average molecular weight is 640 g/mol. The summed E-state index contributed by atoms with van der Waals surface area (Å²) < 4.78 is 22.8. The number of carbonyl (C=O) groups excluding carboxylic acids is 1. The van der Waals surface area contributed by atoms with E-state index in [0.29, 0.717) is 16.9 Å². The predicted molar refractivity (Wildman–Crippen MR) is 176 cm³/mol. The maximum Gasteiger partial charge on any atom is 0.324 e. The Bertz CT molecular complexity index is 1410. The van der Waals surface area contributed by atoms with Crippen molar-refractivity contribution in [2.45, 2.75) is 102 Å². The molecule has 2 N–H and O–H groups in total. The lowest BCUT2D eigenvalue weighted by atomic mass is 10.1. The van der Waals surface area contributed by atoms with Crippen molar-refractivity contribution in [1.29, 1.82) is 0 Å². The normalized spacial score (nSPS) is 20.4. The van der Waals surface area contributed by atoms with Crippen molar-refractivity contribution in [2.24, 2.45) is 5.11 Å². The number of hydrogen-bond donors (Lipinski definition) is 2. The van der Waals surface area contributed by atoms with Crippen LogP contribution >= 0.6 is 0 Å². The third kappa shape index (κ3) is 7.14. The number of amides is 2. The van der Waals surface area contributed by atoms with E-state index in [0.717, 1.165) is 36.3 Å². The van der Waals surface area contributed by atoms with Gasteiger partial charge < -0.3 is 18.9 Å². The molecule has 13 nitrogen and oxygen atoms in total. The molecule has 4 rings (SSSR count). The Hall–Kier alpha value is -3.34. The van der Waals surface area contributed by atoms with Gasteiger partial charge in [0, 0.05) is 10.6 Å². The van der Waals surface area contributed by atoms with Gasteiger partial charge in [-0.3, -0.25) is 9.88 Å². The van der Waals surface area contributed by atoms with Crippen molar-refractivity contribution >= 4 is 45.3 Å². The van der Waals surface area contributed by atoms with Gasteiger partial charge in [0.05, 0.1) is 19.0 Å². The molecule has 0 saturated carbocycles. The summed E-state index contributed by atoms with van der Waals surface area (Å²) in [5.41, 5.74) is 10.8. The summed E-state index contributed by atoms with van der Waals surface area (Å²) in [6.07, 6.45) is 0.984. The third-order valence-corrected chi connectivity index (χ3v) is 18.4. The second-order valence-electron chi connectivity index (χ2n) is 11.1. The van der Waals surface area contributed by atoms with Gasteiger partial charge in [0.1, 0.15) is 18.5 Å². The third-order valence-electron chi connectivity index (χ3n) is 9.15. The van der Waals surface area contributed by atoms with Crippen LogP contribution in [0.4, 0.5) is 16.3 Å². The summed E-state index contributed by atoms with van der Waals surface area (Å²) in [6.45, 7) is 13.3. The first kappa shape index (κ1) is 33.6. The highest BCUT2D eigenvalue weighted by Gasteiger charge is 2.52. The summed E-state index contributed by atoms with van der Waals surface area (Å²) >= 11 is 0. The Morgan fingerprint density at radius 3 is 2.14 bits per heavy atom. The van der Waals surface area contributed by atoms with Crippen LogP contribution in [0.3, 0.4) is 0 Å². The number of nitrogens with zero attached hydrogens (tertiary/aromatic N) is 7. The molecule has 1 saturated heterocycles. The number of azide groups is 1. The summed E-state index contributed by atoms with van der Waals surface area (Å²) in [6, 6.07) is 14.4. The summed E-state index contributed by atoms with van der Waals surface area (Å²) in [7, 11) is -4.29. The summed E-state index contributed by atoms with van der Waals surface area (Å²) in [5.74, 6) is 0.268. The molecule has 0 unspecified atom stereocenters. The van der Waals surface area contributed by atoms with Crippen LogP contribution in [0.1, 0.15) is 47.8 Å². The number of benzene rings is 1. The quantitative estimate of drug-likeness (QED) is 0.0755. The van der Waals surface area contributed by atoms with E-state index in [-0.39, 0.29) is 12.4 Å². The predicted octanol–water partition coefficient (Wildman–Crippen LogP) is 7.46. The van der Waals surface area contributed by atoms with Gasteiger partial charge in [-0.2, -0.15) is 0 Å². The van der Waals surface area contributed by atoms with Gasteiger partial charge in [-0.05, 0) is 53.9 Å². The van der Waals surface area contributed by atoms with Gasteiger partial charge in [-0.1, -0.05) is 64.9 Å². The Morgan fingerprint density at radius 1 is 0.932 bits per heavy atom. The van der Waals surface area contributed by atoms with Gasteiger partial charge in [0.15, 0.2) is 39.8 Å². The number of carbonyl (C=O) groups is 1. The van der Waals surface area contributed by atoms with E-state index in [1.54, 1.807) is 18.5 Å². The minimum absolute atomic E-state index is 0.117. The van der Waals surface area contributed by atoms with Crippen LogP contribution in [0.5, 0.6) is 0 Å². The molecule has 4 atom stereocenters. The minimum Gasteiger partial charge on any atom is -0.408 e. The highest BCUT2D eigenvalue weighted by Crippen LogP contribution is 2.41. The van der Waals surface area contributed by atoms with Gasteiger partial charge >= 0.3 is 6.03 Å². The van der Waals surface area contributed by atoms with Gasteiger partial charge in [0.25, 0.3) is 0 Å². The number of anilines is 2. The number of ether oxygens (including phenoxy) is 1. The van der Waals surface area contributed by atoms with Crippen LogP contribution in [-0.2, 0) is 13.6 Å². The van der Waals surface area contributed by atoms with E-state index in [1.807, 2.05) is 22.8 Å². The fourth-order valence-electron chi connectivity index (χ4n) is 5.96. The zero-order chi connectivity index (χ0) is 31.7. The summed E-state index contributed by atoms with van der Waals surface area (Å²) in [4.78, 5) is 29.3. The second-order valence-corrected chi connectivity index (χ2v) is 20.6. The van der Waals surface area contributed by atoms with Crippen LogP contribution < -0.4 is 10.6 Å². The van der Waals surface area contributed by atoms with E-state index in [9.17, 15) is 10.3 Å². The maximum atomic E-state index is 12.8. The van der Waals surface area contributed by atoms with Gasteiger partial charge in [-0.15, -0.1) is 0 Å². The second kappa shape index (κ2) is 15.1. The van der Waals surface area contributed by atoms with Crippen molar-refractivity contribution < 1.29 is 18.4 Å². The van der Waals surface area contributed by atoms with Crippen molar-refractivity contribution in [1.82, 2.24) is 19.5 Å². The molecule has 15 heteroatoms. The van der Waals surface area contributed by atoms with Crippen LogP contribution in [0.2, 0.25) is 36.3 Å². The van der Waals surface area contributed by atoms with Gasteiger partial charge in [0.2, 0.25) is 0 Å². The van der Waals surface area contributed by atoms with Crippen LogP contribution in [0.15, 0.2) is 48.1 Å². The Labute approximate surface area is 261 Å². The zero-order valence-corrected chi connectivity index (χ0v) is 28.6. The first-order chi connectivity index (χ1) is 21.3. The van der Waals surface area contributed by atoms with E-state index >= 15 is 0 Å². The first-order valence-corrected chi connectivity index (χ1v) is 20.7. The maximum absolute atomic E-state index is 12.8. The Morgan fingerprint density at radius 2 is 1.55 bits per heavy atom. The molecule has 0 bridgehead atoms. The Balaban J connectivity index is 1.75. The molecule has 0 spiro atoms. The molecular weight excluding hydrogens is 595 g/mol. The highest BCUT2D eigenvalue weighted by molar-refractivity contribution is 6.74. The average Bonchev–Trinajstić information content (AvgIpc) is 3.63. The molecule has 44 heavy (non-hydrogen) atoms. The molecule has 1 fully saturated rings. The molecule has 1 aliphatic heterocycles. The monoisotopic (exact) mass is 639 g/mol. The smallest absolute Gasteiger partial charge is 0.324 e. The molecule has 3 aromatic rings. The van der Waals surface area contributed by atoms with Crippen LogP contribution in [-0.4, -0.2) is 67.0 Å². The molecule has 0 radical (unpaired) electrons. The largest absolute Gasteiger partial charge is 0.408 e. The lowest BCUT2D eigenvalue weighted by Gasteiger charge is -2.39. The van der Waals surface area contributed by atoms with Crippen LogP contribution in [0.25, 0.3) is 21.6 Å². The molecule has 1 aromatic carbocycles.